The molecule has 2 rings (SSSR count). The minimum atomic E-state index is 0.298. The molecule has 0 aromatic heterocycles. The van der Waals surface area contributed by atoms with Crippen LogP contribution in [0, 0.1) is 0 Å². The van der Waals surface area contributed by atoms with E-state index in [1.165, 1.54) is 6.42 Å². The molecule has 0 saturated carbocycles. The van der Waals surface area contributed by atoms with Gasteiger partial charge in [0.05, 0.1) is 12.2 Å². The number of likely N-dealkylation sites (tertiary alicyclic amines) is 1. The average Bonchev–Trinajstić information content (AvgIpc) is 1.81. The SMILES string of the molecule is ClCCCN1CC2(CCO2)C1. The first-order valence-corrected chi connectivity index (χ1v) is 4.80. The Labute approximate surface area is 72.5 Å². The van der Waals surface area contributed by atoms with Gasteiger partial charge in [-0.3, -0.25) is 4.90 Å². The lowest BCUT2D eigenvalue weighted by Gasteiger charge is -2.55. The monoisotopic (exact) mass is 175 g/mol. The van der Waals surface area contributed by atoms with Crippen molar-refractivity contribution >= 4 is 11.6 Å². The second-order valence-corrected chi connectivity index (χ2v) is 3.91. The maximum atomic E-state index is 5.59. The molecular formula is C8H14ClNO. The van der Waals surface area contributed by atoms with Gasteiger partial charge in [-0.15, -0.1) is 11.6 Å². The highest BCUT2D eigenvalue weighted by Crippen LogP contribution is 2.35. The van der Waals surface area contributed by atoms with Crippen LogP contribution in [0.4, 0.5) is 0 Å². The minimum absolute atomic E-state index is 0.298. The van der Waals surface area contributed by atoms with Gasteiger partial charge < -0.3 is 4.74 Å². The molecule has 2 fully saturated rings. The summed E-state index contributed by atoms with van der Waals surface area (Å²) >= 11 is 5.59. The van der Waals surface area contributed by atoms with Gasteiger partial charge in [-0.05, 0) is 13.0 Å². The molecule has 0 atom stereocenters. The summed E-state index contributed by atoms with van der Waals surface area (Å²) in [4.78, 5) is 2.42. The summed E-state index contributed by atoms with van der Waals surface area (Å²) in [5, 5.41) is 0. The van der Waals surface area contributed by atoms with Crippen LogP contribution in [0.15, 0.2) is 0 Å². The Balaban J connectivity index is 1.63. The van der Waals surface area contributed by atoms with Crippen LogP contribution in [0.5, 0.6) is 0 Å². The normalized spacial score (nSPS) is 28.1. The van der Waals surface area contributed by atoms with Crippen molar-refractivity contribution in [3.63, 3.8) is 0 Å². The molecule has 0 unspecified atom stereocenters. The number of nitrogens with zero attached hydrogens (tertiary/aromatic N) is 1. The standard InChI is InChI=1S/C8H14ClNO/c9-3-1-4-10-6-8(7-10)2-5-11-8/h1-7H2. The molecule has 0 N–H and O–H groups in total. The molecule has 3 heteroatoms. The number of hydrogen-bond donors (Lipinski definition) is 0. The van der Waals surface area contributed by atoms with Crippen molar-refractivity contribution in [2.45, 2.75) is 18.4 Å². The van der Waals surface area contributed by atoms with Crippen molar-refractivity contribution in [3.05, 3.63) is 0 Å². The zero-order valence-electron chi connectivity index (χ0n) is 6.68. The number of rotatable bonds is 3. The van der Waals surface area contributed by atoms with Crippen molar-refractivity contribution < 1.29 is 4.74 Å². The van der Waals surface area contributed by atoms with Crippen LogP contribution < -0.4 is 0 Å². The lowest BCUT2D eigenvalue weighted by molar-refractivity contribution is -0.221. The topological polar surface area (TPSA) is 12.5 Å². The maximum absolute atomic E-state index is 5.59. The van der Waals surface area contributed by atoms with Crippen LogP contribution in [0.25, 0.3) is 0 Å². The van der Waals surface area contributed by atoms with Gasteiger partial charge in [-0.2, -0.15) is 0 Å². The number of ether oxygens (including phenoxy) is 1. The second kappa shape index (κ2) is 2.92. The Bertz CT molecular complexity index is 139. The second-order valence-electron chi connectivity index (χ2n) is 3.53. The molecule has 0 radical (unpaired) electrons. The van der Waals surface area contributed by atoms with E-state index in [4.69, 9.17) is 16.3 Å². The minimum Gasteiger partial charge on any atom is -0.372 e. The zero-order valence-corrected chi connectivity index (χ0v) is 7.44. The molecule has 0 bridgehead atoms. The van der Waals surface area contributed by atoms with E-state index in [-0.39, 0.29) is 0 Å². The molecule has 2 nitrogen and oxygen atoms in total. The fraction of sp³-hybridized carbons (Fsp3) is 1.00. The molecule has 0 aromatic carbocycles. The van der Waals surface area contributed by atoms with Gasteiger partial charge >= 0.3 is 0 Å². The highest BCUT2D eigenvalue weighted by molar-refractivity contribution is 6.17. The van der Waals surface area contributed by atoms with Gasteiger partial charge in [-0.25, -0.2) is 0 Å². The third-order valence-electron chi connectivity index (χ3n) is 2.60. The van der Waals surface area contributed by atoms with Crippen LogP contribution in [-0.2, 0) is 4.74 Å². The number of halogens is 1. The van der Waals surface area contributed by atoms with E-state index in [2.05, 4.69) is 4.90 Å². The first-order valence-electron chi connectivity index (χ1n) is 4.27. The van der Waals surface area contributed by atoms with Gasteiger partial charge in [0.2, 0.25) is 0 Å². The Hall–Kier alpha value is 0.210. The zero-order chi connectivity index (χ0) is 7.73. The Morgan fingerprint density at radius 2 is 2.18 bits per heavy atom. The molecule has 2 aliphatic heterocycles. The van der Waals surface area contributed by atoms with Gasteiger partial charge in [0.15, 0.2) is 0 Å². The molecule has 2 heterocycles. The highest BCUT2D eigenvalue weighted by atomic mass is 35.5. The lowest BCUT2D eigenvalue weighted by atomic mass is 9.86. The largest absolute Gasteiger partial charge is 0.372 e. The lowest BCUT2D eigenvalue weighted by Crippen LogP contribution is -2.68. The van der Waals surface area contributed by atoms with Gasteiger partial charge in [0, 0.05) is 25.4 Å². The molecular weight excluding hydrogens is 162 g/mol. The summed E-state index contributed by atoms with van der Waals surface area (Å²) in [6, 6.07) is 0. The molecule has 64 valence electrons. The molecule has 0 amide bonds. The van der Waals surface area contributed by atoms with Crippen molar-refractivity contribution in [3.8, 4) is 0 Å². The first-order chi connectivity index (χ1) is 5.35. The van der Waals surface area contributed by atoms with Crippen LogP contribution >= 0.6 is 11.6 Å². The third-order valence-corrected chi connectivity index (χ3v) is 2.86. The molecule has 1 spiro atoms. The van der Waals surface area contributed by atoms with Crippen molar-refractivity contribution in [2.24, 2.45) is 0 Å². The first kappa shape index (κ1) is 7.84. The van der Waals surface area contributed by atoms with E-state index in [0.29, 0.717) is 5.60 Å². The van der Waals surface area contributed by atoms with E-state index in [9.17, 15) is 0 Å². The van der Waals surface area contributed by atoms with E-state index < -0.39 is 0 Å². The van der Waals surface area contributed by atoms with Gasteiger partial charge in [0.1, 0.15) is 0 Å². The van der Waals surface area contributed by atoms with E-state index in [0.717, 1.165) is 38.5 Å². The Morgan fingerprint density at radius 1 is 1.45 bits per heavy atom. The van der Waals surface area contributed by atoms with Gasteiger partial charge in [0.25, 0.3) is 0 Å². The quantitative estimate of drug-likeness (QED) is 0.596. The molecule has 2 aliphatic rings. The van der Waals surface area contributed by atoms with Crippen molar-refractivity contribution in [2.75, 3.05) is 32.1 Å². The molecule has 0 aromatic rings. The third kappa shape index (κ3) is 1.40. The van der Waals surface area contributed by atoms with E-state index in [1.54, 1.807) is 0 Å². The van der Waals surface area contributed by atoms with E-state index in [1.807, 2.05) is 0 Å². The predicted octanol–water partition coefficient (Wildman–Crippen LogP) is 1.09. The Morgan fingerprint density at radius 3 is 2.64 bits per heavy atom. The van der Waals surface area contributed by atoms with Gasteiger partial charge in [-0.1, -0.05) is 0 Å². The molecule has 11 heavy (non-hydrogen) atoms. The summed E-state index contributed by atoms with van der Waals surface area (Å²) < 4.78 is 5.49. The molecule has 2 saturated heterocycles. The van der Waals surface area contributed by atoms with Crippen LogP contribution in [0.3, 0.4) is 0 Å². The van der Waals surface area contributed by atoms with Crippen LogP contribution in [-0.4, -0.2) is 42.6 Å². The summed E-state index contributed by atoms with van der Waals surface area (Å²) in [7, 11) is 0. The number of hydrogen-bond acceptors (Lipinski definition) is 2. The molecule has 0 aliphatic carbocycles. The van der Waals surface area contributed by atoms with Crippen molar-refractivity contribution in [1.29, 1.82) is 0 Å². The van der Waals surface area contributed by atoms with Crippen LogP contribution in [0.2, 0.25) is 0 Å². The van der Waals surface area contributed by atoms with Crippen molar-refractivity contribution in [1.82, 2.24) is 4.90 Å². The predicted molar refractivity (Wildman–Crippen MR) is 45.1 cm³/mol. The highest BCUT2D eigenvalue weighted by Gasteiger charge is 2.48. The average molecular weight is 176 g/mol. The summed E-state index contributed by atoms with van der Waals surface area (Å²) in [6.07, 6.45) is 2.38. The summed E-state index contributed by atoms with van der Waals surface area (Å²) in [6.45, 7) is 4.41. The smallest absolute Gasteiger partial charge is 0.0956 e. The fourth-order valence-corrected chi connectivity index (χ4v) is 1.97. The maximum Gasteiger partial charge on any atom is 0.0956 e. The van der Waals surface area contributed by atoms with Crippen LogP contribution in [0.1, 0.15) is 12.8 Å². The fourth-order valence-electron chi connectivity index (χ4n) is 1.85. The summed E-state index contributed by atoms with van der Waals surface area (Å²) in [5.74, 6) is 0.782. The number of alkyl halides is 1. The summed E-state index contributed by atoms with van der Waals surface area (Å²) in [5.41, 5.74) is 0.298. The Kier molecular flexibility index (Phi) is 2.08. The van der Waals surface area contributed by atoms with E-state index >= 15 is 0 Å².